The van der Waals surface area contributed by atoms with E-state index in [0.29, 0.717) is 0 Å². The van der Waals surface area contributed by atoms with Crippen LogP contribution in [0, 0.1) is 37.8 Å². The van der Waals surface area contributed by atoms with E-state index >= 15 is 0 Å². The van der Waals surface area contributed by atoms with Crippen LogP contribution in [0.4, 0.5) is 5.69 Å². The average molecular weight is 257 g/mol. The van der Waals surface area contributed by atoms with E-state index in [4.69, 9.17) is 0 Å². The lowest BCUT2D eigenvalue weighted by molar-refractivity contribution is -0.385. The summed E-state index contributed by atoms with van der Waals surface area (Å²) in [6, 6.07) is 13.4. The Morgan fingerprint density at radius 1 is 0.789 bits per heavy atom. The van der Waals surface area contributed by atoms with Crippen LogP contribution in [0.2, 0.25) is 0 Å². The number of nitro groups is 1. The zero-order chi connectivity index (χ0) is 14.4. The molecule has 100 valence electrons. The monoisotopic (exact) mass is 257 g/mol. The van der Waals surface area contributed by atoms with Crippen molar-refractivity contribution in [3.63, 3.8) is 0 Å². The van der Waals surface area contributed by atoms with Gasteiger partial charge >= 0.3 is 0 Å². The molecule has 0 heterocycles. The lowest BCUT2D eigenvalue weighted by Gasteiger charge is -1.98. The maximum absolute atomic E-state index is 10.4. The molecule has 0 bridgehead atoms. The van der Waals surface area contributed by atoms with E-state index in [-0.39, 0.29) is 10.6 Å². The van der Waals surface area contributed by atoms with Gasteiger partial charge in [0.05, 0.1) is 4.92 Å². The van der Waals surface area contributed by atoms with Gasteiger partial charge in [-0.15, -0.1) is 0 Å². The molecule has 0 amide bonds. The minimum atomic E-state index is -0.359. The Balaban J connectivity index is 0.000000200. The second kappa shape index (κ2) is 6.69. The van der Waals surface area contributed by atoms with Crippen LogP contribution in [0.25, 0.3) is 0 Å². The van der Waals surface area contributed by atoms with Crippen molar-refractivity contribution in [3.05, 3.63) is 74.8 Å². The van der Waals surface area contributed by atoms with Crippen molar-refractivity contribution < 1.29 is 4.92 Å². The van der Waals surface area contributed by atoms with E-state index in [2.05, 4.69) is 38.1 Å². The van der Waals surface area contributed by atoms with Crippen molar-refractivity contribution in [2.45, 2.75) is 27.7 Å². The molecule has 0 atom stereocenters. The van der Waals surface area contributed by atoms with E-state index in [9.17, 15) is 10.1 Å². The summed E-state index contributed by atoms with van der Waals surface area (Å²) in [6.45, 7) is 7.86. The van der Waals surface area contributed by atoms with Gasteiger partial charge in [-0.2, -0.15) is 0 Å². The number of hydrogen-bond donors (Lipinski definition) is 0. The topological polar surface area (TPSA) is 43.1 Å². The number of nitro benzene ring substituents is 1. The Labute approximate surface area is 114 Å². The molecule has 0 aliphatic carbocycles. The summed E-state index contributed by atoms with van der Waals surface area (Å²) in [5, 5.41) is 10.4. The van der Waals surface area contributed by atoms with Crippen molar-refractivity contribution in [1.29, 1.82) is 0 Å². The van der Waals surface area contributed by atoms with Gasteiger partial charge in [-0.1, -0.05) is 36.4 Å². The molecule has 19 heavy (non-hydrogen) atoms. The second-order valence-electron chi connectivity index (χ2n) is 4.56. The fraction of sp³-hybridized carbons (Fsp3) is 0.250. The zero-order valence-electron chi connectivity index (χ0n) is 11.8. The Hall–Kier alpha value is -2.16. The molecule has 0 unspecified atom stereocenters. The molecule has 2 aromatic rings. The summed E-state index contributed by atoms with van der Waals surface area (Å²) < 4.78 is 0. The summed E-state index contributed by atoms with van der Waals surface area (Å²) in [5.74, 6) is 0. The number of hydrogen-bond acceptors (Lipinski definition) is 2. The standard InChI is InChI=1S/C8H9NO2.C8H10/c1-6-4-3-5-8(7(6)2)9(10)11;1-7-5-3-4-6-8(7)2/h3-5H,1-2H3;3-6H,1-2H3. The first kappa shape index (κ1) is 14.9. The van der Waals surface area contributed by atoms with E-state index in [1.807, 2.05) is 13.0 Å². The third kappa shape index (κ3) is 4.21. The minimum Gasteiger partial charge on any atom is -0.258 e. The highest BCUT2D eigenvalue weighted by molar-refractivity contribution is 5.43. The molecule has 0 radical (unpaired) electrons. The van der Waals surface area contributed by atoms with Gasteiger partial charge < -0.3 is 0 Å². The SMILES string of the molecule is Cc1cccc([N+](=O)[O-])c1C.Cc1ccccc1C. The van der Waals surface area contributed by atoms with Gasteiger partial charge in [0.15, 0.2) is 0 Å². The van der Waals surface area contributed by atoms with Crippen LogP contribution in [0.15, 0.2) is 42.5 Å². The lowest BCUT2D eigenvalue weighted by atomic mass is 10.1. The summed E-state index contributed by atoms with van der Waals surface area (Å²) >= 11 is 0. The second-order valence-corrected chi connectivity index (χ2v) is 4.56. The summed E-state index contributed by atoms with van der Waals surface area (Å²) in [7, 11) is 0. The first-order chi connectivity index (χ1) is 8.93. The minimum absolute atomic E-state index is 0.199. The molecule has 2 rings (SSSR count). The molecule has 0 N–H and O–H groups in total. The van der Waals surface area contributed by atoms with Crippen molar-refractivity contribution >= 4 is 5.69 Å². The quantitative estimate of drug-likeness (QED) is 0.557. The van der Waals surface area contributed by atoms with Gasteiger partial charge in [-0.25, -0.2) is 0 Å². The molecule has 2 aromatic carbocycles. The van der Waals surface area contributed by atoms with Crippen LogP contribution in [0.3, 0.4) is 0 Å². The molecule has 0 aromatic heterocycles. The van der Waals surface area contributed by atoms with Crippen LogP contribution >= 0.6 is 0 Å². The predicted molar refractivity (Wildman–Crippen MR) is 78.5 cm³/mol. The van der Waals surface area contributed by atoms with E-state index < -0.39 is 0 Å². The molecule has 3 nitrogen and oxygen atoms in total. The summed E-state index contributed by atoms with van der Waals surface area (Å²) in [6.07, 6.45) is 0. The average Bonchev–Trinajstić information content (AvgIpc) is 2.37. The molecule has 0 fully saturated rings. The largest absolute Gasteiger partial charge is 0.272 e. The van der Waals surface area contributed by atoms with Crippen molar-refractivity contribution in [3.8, 4) is 0 Å². The smallest absolute Gasteiger partial charge is 0.258 e. The molecule has 0 aliphatic rings. The predicted octanol–water partition coefficient (Wildman–Crippen LogP) is 4.52. The molecule has 0 spiro atoms. The van der Waals surface area contributed by atoms with Gasteiger partial charge in [0.25, 0.3) is 5.69 Å². The molecule has 0 saturated heterocycles. The van der Waals surface area contributed by atoms with Crippen LogP contribution in [-0.2, 0) is 0 Å². The zero-order valence-corrected chi connectivity index (χ0v) is 11.8. The van der Waals surface area contributed by atoms with E-state index in [0.717, 1.165) is 11.1 Å². The van der Waals surface area contributed by atoms with Crippen LogP contribution in [0.5, 0.6) is 0 Å². The van der Waals surface area contributed by atoms with Crippen molar-refractivity contribution in [1.82, 2.24) is 0 Å². The number of rotatable bonds is 1. The van der Waals surface area contributed by atoms with Gasteiger partial charge in [0.2, 0.25) is 0 Å². The first-order valence-electron chi connectivity index (χ1n) is 6.16. The normalized spacial score (nSPS) is 9.47. The Morgan fingerprint density at radius 3 is 1.63 bits per heavy atom. The third-order valence-corrected chi connectivity index (χ3v) is 3.20. The molecule has 0 aliphatic heterocycles. The highest BCUT2D eigenvalue weighted by Gasteiger charge is 2.09. The van der Waals surface area contributed by atoms with Crippen molar-refractivity contribution in [2.75, 3.05) is 0 Å². The highest BCUT2D eigenvalue weighted by atomic mass is 16.6. The first-order valence-corrected chi connectivity index (χ1v) is 6.16. The van der Waals surface area contributed by atoms with Crippen molar-refractivity contribution in [2.24, 2.45) is 0 Å². The van der Waals surface area contributed by atoms with Crippen LogP contribution in [0.1, 0.15) is 22.3 Å². The van der Waals surface area contributed by atoms with Crippen LogP contribution < -0.4 is 0 Å². The molecule has 0 saturated carbocycles. The Kier molecular flexibility index (Phi) is 5.24. The molecular formula is C16H19NO2. The third-order valence-electron chi connectivity index (χ3n) is 3.20. The number of benzene rings is 2. The Morgan fingerprint density at radius 2 is 1.26 bits per heavy atom. The molecule has 3 heteroatoms. The lowest BCUT2D eigenvalue weighted by Crippen LogP contribution is -1.92. The van der Waals surface area contributed by atoms with E-state index in [1.165, 1.54) is 17.2 Å². The Bertz CT molecular complexity index is 556. The van der Waals surface area contributed by atoms with E-state index in [1.54, 1.807) is 13.0 Å². The van der Waals surface area contributed by atoms with Gasteiger partial charge in [0.1, 0.15) is 0 Å². The number of aryl methyl sites for hydroxylation is 3. The fourth-order valence-electron chi connectivity index (χ4n) is 1.60. The van der Waals surface area contributed by atoms with Crippen LogP contribution in [-0.4, -0.2) is 4.92 Å². The highest BCUT2D eigenvalue weighted by Crippen LogP contribution is 2.19. The summed E-state index contributed by atoms with van der Waals surface area (Å²) in [5.41, 5.74) is 4.64. The number of nitrogens with zero attached hydrogens (tertiary/aromatic N) is 1. The maximum Gasteiger partial charge on any atom is 0.272 e. The van der Waals surface area contributed by atoms with Gasteiger partial charge in [-0.3, -0.25) is 10.1 Å². The summed E-state index contributed by atoms with van der Waals surface area (Å²) in [4.78, 5) is 10.0. The fourth-order valence-corrected chi connectivity index (χ4v) is 1.60. The van der Waals surface area contributed by atoms with Gasteiger partial charge in [-0.05, 0) is 44.4 Å². The maximum atomic E-state index is 10.4. The molecular weight excluding hydrogens is 238 g/mol. The van der Waals surface area contributed by atoms with Gasteiger partial charge in [0, 0.05) is 11.6 Å².